The zero-order valence-corrected chi connectivity index (χ0v) is 44.9. The van der Waals surface area contributed by atoms with Gasteiger partial charge in [0.05, 0.1) is 25.6 Å². The molecule has 0 heterocycles. The first kappa shape index (κ1) is 67.2. The molecule has 0 spiro atoms. The molecule has 8 heteroatoms. The summed E-state index contributed by atoms with van der Waals surface area (Å²) in [7, 11) is 2.23. The Bertz CT molecular complexity index is 815. The maximum absolute atomic E-state index is 13.0. The number of unbranched alkanes of at least 4 members (excludes halogenated alkanes) is 17. The fourth-order valence-corrected chi connectivity index (χ4v) is 8.97. The molecule has 0 aromatic heterocycles. The molecular weight excluding hydrogens is 795 g/mol. The number of carbonyl (C=O) groups excluding carboxylic acids is 2. The minimum Gasteiger partial charge on any atom is -0.466 e. The maximum atomic E-state index is 13.0. The van der Waals surface area contributed by atoms with E-state index in [1.165, 1.54) is 108 Å². The minimum absolute atomic E-state index is 0.0452. The van der Waals surface area contributed by atoms with Crippen LogP contribution in [0.4, 0.5) is 0 Å². The third-order valence-electron chi connectivity index (χ3n) is 10.5. The summed E-state index contributed by atoms with van der Waals surface area (Å²) >= 11 is 3.78. The van der Waals surface area contributed by atoms with Crippen molar-refractivity contribution in [2.24, 2.45) is 5.92 Å². The molecular formula is C53H111NO5S2. The number of hydrogen-bond donors (Lipinski definition) is 1. The first-order valence-corrected chi connectivity index (χ1v) is 28.9. The van der Waals surface area contributed by atoms with Crippen LogP contribution >= 0.6 is 23.5 Å². The number of aliphatic hydroxyl groups is 1. The molecule has 3 atom stereocenters. The summed E-state index contributed by atoms with van der Waals surface area (Å²) in [5.74, 6) is 2.30. The summed E-state index contributed by atoms with van der Waals surface area (Å²) in [6.45, 7) is 21.8. The van der Waals surface area contributed by atoms with Gasteiger partial charge in [0.25, 0.3) is 0 Å². The number of rotatable bonds is 41. The number of thioether (sulfide) groups is 2. The molecule has 0 saturated heterocycles. The summed E-state index contributed by atoms with van der Waals surface area (Å²) in [5.41, 5.74) is 0. The average Bonchev–Trinajstić information content (AvgIpc) is 3.24. The highest BCUT2D eigenvalue weighted by Crippen LogP contribution is 2.22. The van der Waals surface area contributed by atoms with Gasteiger partial charge in [0.1, 0.15) is 0 Å². The van der Waals surface area contributed by atoms with Crippen molar-refractivity contribution in [3.05, 3.63) is 0 Å². The van der Waals surface area contributed by atoms with Gasteiger partial charge in [0.2, 0.25) is 0 Å². The van der Waals surface area contributed by atoms with Crippen molar-refractivity contribution in [1.29, 1.82) is 0 Å². The van der Waals surface area contributed by atoms with Gasteiger partial charge in [-0.1, -0.05) is 197 Å². The Labute approximate surface area is 392 Å². The van der Waals surface area contributed by atoms with Crippen molar-refractivity contribution in [2.75, 3.05) is 51.2 Å². The number of esters is 2. The van der Waals surface area contributed by atoms with Crippen molar-refractivity contribution in [2.45, 2.75) is 273 Å². The summed E-state index contributed by atoms with van der Waals surface area (Å²) in [6, 6.07) is 0.514. The van der Waals surface area contributed by atoms with Crippen molar-refractivity contribution in [1.82, 2.24) is 4.90 Å². The highest BCUT2D eigenvalue weighted by molar-refractivity contribution is 8.03. The van der Waals surface area contributed by atoms with Crippen molar-refractivity contribution < 1.29 is 24.2 Å². The Balaban J connectivity index is -0.00000164. The lowest BCUT2D eigenvalue weighted by Crippen LogP contribution is -2.32. The highest BCUT2D eigenvalue weighted by Gasteiger charge is 2.20. The SMILES string of the molecule is CCC.CCC.CCC.CCCCCCCCC(CCCCCC)C(=O)OCCCCCC(CCCCCOC(=O)CC(CSCCCCCCC)SC)N(C)CCCCO. The van der Waals surface area contributed by atoms with E-state index in [0.29, 0.717) is 30.9 Å². The van der Waals surface area contributed by atoms with E-state index in [0.717, 1.165) is 102 Å². The van der Waals surface area contributed by atoms with Crippen LogP contribution in [0.3, 0.4) is 0 Å². The van der Waals surface area contributed by atoms with Gasteiger partial charge in [-0.15, -0.1) is 0 Å². The van der Waals surface area contributed by atoms with Crippen LogP contribution in [0.1, 0.15) is 261 Å². The number of carbonyl (C=O) groups is 2. The lowest BCUT2D eigenvalue weighted by atomic mass is 9.94. The zero-order chi connectivity index (χ0) is 46.5. The summed E-state index contributed by atoms with van der Waals surface area (Å²) in [4.78, 5) is 28.0. The van der Waals surface area contributed by atoms with Gasteiger partial charge in [-0.2, -0.15) is 23.5 Å². The van der Waals surface area contributed by atoms with Crippen LogP contribution in [-0.2, 0) is 19.1 Å². The van der Waals surface area contributed by atoms with Gasteiger partial charge >= 0.3 is 11.9 Å². The Morgan fingerprint density at radius 2 is 0.967 bits per heavy atom. The molecule has 370 valence electrons. The van der Waals surface area contributed by atoms with E-state index in [4.69, 9.17) is 9.47 Å². The molecule has 0 fully saturated rings. The molecule has 0 saturated carbocycles. The second-order valence-electron chi connectivity index (χ2n) is 17.4. The molecule has 1 N–H and O–H groups in total. The molecule has 3 unspecified atom stereocenters. The molecule has 6 nitrogen and oxygen atoms in total. The van der Waals surface area contributed by atoms with Crippen LogP contribution in [-0.4, -0.2) is 84.4 Å². The van der Waals surface area contributed by atoms with Gasteiger partial charge in [-0.3, -0.25) is 9.59 Å². The largest absolute Gasteiger partial charge is 0.466 e. The van der Waals surface area contributed by atoms with E-state index in [1.807, 2.05) is 11.8 Å². The number of nitrogens with zero attached hydrogens (tertiary/aromatic N) is 1. The van der Waals surface area contributed by atoms with Crippen LogP contribution in [0, 0.1) is 5.92 Å². The number of ether oxygens (including phenoxy) is 2. The normalized spacial score (nSPS) is 12.3. The van der Waals surface area contributed by atoms with Crippen LogP contribution < -0.4 is 0 Å². The smallest absolute Gasteiger partial charge is 0.308 e. The van der Waals surface area contributed by atoms with Crippen LogP contribution in [0.25, 0.3) is 0 Å². The van der Waals surface area contributed by atoms with Gasteiger partial charge in [-0.25, -0.2) is 0 Å². The molecule has 0 aromatic rings. The van der Waals surface area contributed by atoms with Gasteiger partial charge in [0, 0.05) is 23.7 Å². The molecule has 0 bridgehead atoms. The first-order chi connectivity index (χ1) is 29.7. The van der Waals surface area contributed by atoms with Crippen molar-refractivity contribution >= 4 is 35.5 Å². The molecule has 0 radical (unpaired) electrons. The van der Waals surface area contributed by atoms with Gasteiger partial charge < -0.3 is 19.5 Å². The van der Waals surface area contributed by atoms with Gasteiger partial charge in [-0.05, 0) is 83.4 Å². The molecule has 0 aliphatic carbocycles. The summed E-state index contributed by atoms with van der Waals surface area (Å²) < 4.78 is 11.5. The third-order valence-corrected chi connectivity index (χ3v) is 12.9. The fraction of sp³-hybridized carbons (Fsp3) is 0.962. The molecule has 61 heavy (non-hydrogen) atoms. The Kier molecular flexibility index (Phi) is 65.6. The van der Waals surface area contributed by atoms with Crippen LogP contribution in [0.2, 0.25) is 0 Å². The van der Waals surface area contributed by atoms with E-state index in [-0.39, 0.29) is 24.5 Å². The maximum Gasteiger partial charge on any atom is 0.308 e. The Hall–Kier alpha value is -0.440. The summed E-state index contributed by atoms with van der Waals surface area (Å²) in [5, 5.41) is 9.62. The molecule has 0 rings (SSSR count). The highest BCUT2D eigenvalue weighted by atomic mass is 32.2. The second-order valence-corrected chi connectivity index (χ2v) is 19.7. The zero-order valence-electron chi connectivity index (χ0n) is 43.2. The predicted octanol–water partition coefficient (Wildman–Crippen LogP) is 16.7. The van der Waals surface area contributed by atoms with E-state index < -0.39 is 0 Å². The number of aliphatic hydroxyl groups excluding tert-OH is 1. The lowest BCUT2D eigenvalue weighted by Gasteiger charge is -2.28. The molecule has 0 amide bonds. The fourth-order valence-electron chi connectivity index (χ4n) is 6.88. The predicted molar refractivity (Wildman–Crippen MR) is 278 cm³/mol. The standard InChI is InChI=1S/C44H87NO5S2.3C3H8/c1-6-9-12-15-16-21-30-40(29-20-14-11-8-3)44(48)50-36-27-19-23-32-41(45(4)33-24-25-34-46)31-22-18-26-35-49-43(47)38-42(51-5)39-52-37-28-17-13-10-7-2;3*1-3-2/h40-42,46H,6-39H2,1-5H3;3*3H2,1-2H3. The second kappa shape index (κ2) is 59.6. The Morgan fingerprint density at radius 1 is 0.541 bits per heavy atom. The van der Waals surface area contributed by atoms with E-state index >= 15 is 0 Å². The Morgan fingerprint density at radius 3 is 1.46 bits per heavy atom. The van der Waals surface area contributed by atoms with Crippen molar-refractivity contribution in [3.63, 3.8) is 0 Å². The monoisotopic (exact) mass is 906 g/mol. The topological polar surface area (TPSA) is 76.1 Å². The van der Waals surface area contributed by atoms with Crippen LogP contribution in [0.15, 0.2) is 0 Å². The van der Waals surface area contributed by atoms with Crippen LogP contribution in [0.5, 0.6) is 0 Å². The molecule has 0 aliphatic rings. The summed E-state index contributed by atoms with van der Waals surface area (Å²) in [6.07, 6.45) is 37.8. The third kappa shape index (κ3) is 55.6. The van der Waals surface area contributed by atoms with E-state index in [1.54, 1.807) is 11.8 Å². The minimum atomic E-state index is -0.0460. The molecule has 0 aliphatic heterocycles. The van der Waals surface area contributed by atoms with Crippen molar-refractivity contribution in [3.8, 4) is 0 Å². The lowest BCUT2D eigenvalue weighted by molar-refractivity contribution is -0.149. The quantitative estimate of drug-likeness (QED) is 0.0480. The number of hydrogen-bond acceptors (Lipinski definition) is 8. The van der Waals surface area contributed by atoms with E-state index in [2.05, 4.69) is 80.5 Å². The van der Waals surface area contributed by atoms with Gasteiger partial charge in [0.15, 0.2) is 0 Å². The average molecular weight is 907 g/mol. The first-order valence-electron chi connectivity index (χ1n) is 26.4. The molecule has 0 aromatic carbocycles. The van der Waals surface area contributed by atoms with E-state index in [9.17, 15) is 14.7 Å².